The maximum absolute atomic E-state index is 12.8. The third-order valence-electron chi connectivity index (χ3n) is 5.62. The monoisotopic (exact) mass is 478 g/mol. The number of rotatable bonds is 7. The first-order chi connectivity index (χ1) is 16.5. The second-order valence-electron chi connectivity index (χ2n) is 7.95. The fraction of sp³-hybridized carbons (Fsp3) is 0.222. The van der Waals surface area contributed by atoms with E-state index in [1.54, 1.807) is 91.0 Å². The lowest BCUT2D eigenvalue weighted by molar-refractivity contribution is -0.0426. The van der Waals surface area contributed by atoms with Crippen molar-refractivity contribution in [1.82, 2.24) is 0 Å². The highest BCUT2D eigenvalue weighted by Crippen LogP contribution is 2.36. The van der Waals surface area contributed by atoms with Crippen molar-refractivity contribution >= 4 is 29.5 Å². The lowest BCUT2D eigenvalue weighted by Crippen LogP contribution is -2.39. The molecule has 1 aliphatic rings. The van der Waals surface area contributed by atoms with Crippen LogP contribution in [-0.4, -0.2) is 42.1 Å². The summed E-state index contributed by atoms with van der Waals surface area (Å²) in [5.74, 6) is -2.09. The third kappa shape index (κ3) is 5.64. The molecule has 34 heavy (non-hydrogen) atoms. The van der Waals surface area contributed by atoms with Gasteiger partial charge in [0, 0.05) is 5.92 Å². The fourth-order valence-electron chi connectivity index (χ4n) is 3.87. The third-order valence-corrected chi connectivity index (χ3v) is 6.04. The van der Waals surface area contributed by atoms with Crippen LogP contribution in [0.2, 0.25) is 0 Å². The van der Waals surface area contributed by atoms with Gasteiger partial charge in [0.15, 0.2) is 6.10 Å². The van der Waals surface area contributed by atoms with Crippen LogP contribution in [0, 0.1) is 5.92 Å². The Kier molecular flexibility index (Phi) is 7.60. The van der Waals surface area contributed by atoms with E-state index < -0.39 is 41.4 Å². The lowest BCUT2D eigenvalue weighted by atomic mass is 10.1. The van der Waals surface area contributed by atoms with Crippen LogP contribution in [0.1, 0.15) is 37.5 Å². The van der Waals surface area contributed by atoms with Crippen LogP contribution in [0.3, 0.4) is 0 Å². The summed E-state index contributed by atoms with van der Waals surface area (Å²) in [6.07, 6.45) is -1.45. The molecule has 174 valence electrons. The number of hydrogen-bond acceptors (Lipinski definition) is 6. The molecule has 0 N–H and O–H groups in total. The van der Waals surface area contributed by atoms with Gasteiger partial charge in [0.1, 0.15) is 6.10 Å². The molecule has 1 unspecified atom stereocenters. The molecule has 0 spiro atoms. The maximum Gasteiger partial charge on any atom is 0.338 e. The van der Waals surface area contributed by atoms with Crippen molar-refractivity contribution < 1.29 is 28.6 Å². The summed E-state index contributed by atoms with van der Waals surface area (Å²) in [7, 11) is 0. The van der Waals surface area contributed by atoms with Gasteiger partial charge in [-0.1, -0.05) is 54.6 Å². The zero-order valence-corrected chi connectivity index (χ0v) is 19.0. The van der Waals surface area contributed by atoms with Crippen LogP contribution in [0.25, 0.3) is 0 Å². The second kappa shape index (κ2) is 11.0. The van der Waals surface area contributed by atoms with E-state index in [1.165, 1.54) is 0 Å². The van der Waals surface area contributed by atoms with E-state index in [1.807, 2.05) is 0 Å². The van der Waals surface area contributed by atoms with Crippen LogP contribution < -0.4 is 0 Å². The van der Waals surface area contributed by atoms with E-state index in [9.17, 15) is 14.4 Å². The fourth-order valence-corrected chi connectivity index (χ4v) is 4.29. The number of esters is 3. The van der Waals surface area contributed by atoms with E-state index in [0.717, 1.165) is 0 Å². The van der Waals surface area contributed by atoms with E-state index in [2.05, 4.69) is 0 Å². The largest absolute Gasteiger partial charge is 0.462 e. The topological polar surface area (TPSA) is 78.9 Å². The Morgan fingerprint density at radius 2 is 1.06 bits per heavy atom. The SMILES string of the molecule is O=C(OC[C@H]1C[C@@H](Cl)C(OC(=O)c2ccccc2)[C@H]1OC(=O)c1ccccc1)c1ccccc1. The molecule has 4 rings (SSSR count). The van der Waals surface area contributed by atoms with E-state index in [4.69, 9.17) is 25.8 Å². The highest BCUT2D eigenvalue weighted by atomic mass is 35.5. The number of benzene rings is 3. The Morgan fingerprint density at radius 1 is 0.647 bits per heavy atom. The maximum atomic E-state index is 12.8. The summed E-state index contributed by atoms with van der Waals surface area (Å²) in [6, 6.07) is 25.6. The molecule has 1 fully saturated rings. The first-order valence-electron chi connectivity index (χ1n) is 10.9. The summed E-state index contributed by atoms with van der Waals surface area (Å²) >= 11 is 6.55. The number of carbonyl (C=O) groups is 3. The average molecular weight is 479 g/mol. The van der Waals surface area contributed by atoms with Gasteiger partial charge in [-0.2, -0.15) is 0 Å². The van der Waals surface area contributed by atoms with Crippen molar-refractivity contribution in [2.24, 2.45) is 5.92 Å². The molecule has 1 aliphatic carbocycles. The van der Waals surface area contributed by atoms with Crippen molar-refractivity contribution in [3.63, 3.8) is 0 Å². The van der Waals surface area contributed by atoms with E-state index >= 15 is 0 Å². The highest BCUT2D eigenvalue weighted by molar-refractivity contribution is 6.21. The molecule has 0 amide bonds. The van der Waals surface area contributed by atoms with Gasteiger partial charge < -0.3 is 14.2 Å². The summed E-state index contributed by atoms with van der Waals surface area (Å²) in [6.45, 7) is -0.0386. The molecule has 6 nitrogen and oxygen atoms in total. The number of ether oxygens (including phenoxy) is 3. The Balaban J connectivity index is 1.51. The van der Waals surface area contributed by atoms with Gasteiger partial charge in [-0.15, -0.1) is 11.6 Å². The van der Waals surface area contributed by atoms with Gasteiger partial charge in [-0.3, -0.25) is 0 Å². The van der Waals surface area contributed by atoms with Gasteiger partial charge in [-0.25, -0.2) is 14.4 Å². The minimum absolute atomic E-state index is 0.0386. The van der Waals surface area contributed by atoms with Gasteiger partial charge in [0.2, 0.25) is 0 Å². The van der Waals surface area contributed by atoms with Gasteiger partial charge in [0.05, 0.1) is 28.7 Å². The predicted octanol–water partition coefficient (Wildman–Crippen LogP) is 4.92. The Morgan fingerprint density at radius 3 is 1.53 bits per heavy atom. The summed E-state index contributed by atoms with van der Waals surface area (Å²) < 4.78 is 17.0. The molecule has 0 heterocycles. The Hall–Kier alpha value is -3.64. The molecule has 3 aromatic carbocycles. The van der Waals surface area contributed by atoms with E-state index in [0.29, 0.717) is 23.1 Å². The smallest absolute Gasteiger partial charge is 0.338 e. The summed E-state index contributed by atoms with van der Waals surface area (Å²) in [5.41, 5.74) is 1.12. The molecule has 0 aromatic heterocycles. The minimum Gasteiger partial charge on any atom is -0.462 e. The number of hydrogen-bond donors (Lipinski definition) is 0. The molecular weight excluding hydrogens is 456 g/mol. The van der Waals surface area contributed by atoms with Crippen LogP contribution >= 0.6 is 11.6 Å². The van der Waals surface area contributed by atoms with Crippen molar-refractivity contribution in [3.8, 4) is 0 Å². The van der Waals surface area contributed by atoms with Gasteiger partial charge in [-0.05, 0) is 42.8 Å². The zero-order valence-electron chi connectivity index (χ0n) is 18.2. The Labute approximate surface area is 202 Å². The van der Waals surface area contributed by atoms with Gasteiger partial charge in [0.25, 0.3) is 0 Å². The zero-order chi connectivity index (χ0) is 23.9. The first kappa shape index (κ1) is 23.5. The van der Waals surface area contributed by atoms with Crippen molar-refractivity contribution in [2.75, 3.05) is 6.61 Å². The number of alkyl halides is 1. The van der Waals surface area contributed by atoms with E-state index in [-0.39, 0.29) is 6.61 Å². The Bertz CT molecular complexity index is 1120. The summed E-state index contributed by atoms with van der Waals surface area (Å²) in [4.78, 5) is 37.9. The van der Waals surface area contributed by atoms with Crippen molar-refractivity contribution in [3.05, 3.63) is 108 Å². The average Bonchev–Trinajstić information content (AvgIpc) is 3.17. The molecule has 3 aromatic rings. The molecule has 0 bridgehead atoms. The van der Waals surface area contributed by atoms with Crippen LogP contribution in [0.4, 0.5) is 0 Å². The molecule has 0 radical (unpaired) electrons. The number of halogens is 1. The minimum atomic E-state index is -0.900. The van der Waals surface area contributed by atoms with Gasteiger partial charge >= 0.3 is 17.9 Å². The molecule has 4 atom stereocenters. The first-order valence-corrected chi connectivity index (χ1v) is 11.3. The second-order valence-corrected chi connectivity index (χ2v) is 8.51. The number of carbonyl (C=O) groups excluding carboxylic acids is 3. The lowest BCUT2D eigenvalue weighted by Gasteiger charge is -2.25. The molecule has 0 aliphatic heterocycles. The molecule has 1 saturated carbocycles. The molecular formula is C27H23ClO6. The van der Waals surface area contributed by atoms with Crippen LogP contribution in [0.15, 0.2) is 91.0 Å². The summed E-state index contributed by atoms with van der Waals surface area (Å²) in [5, 5.41) is -0.623. The highest BCUT2D eigenvalue weighted by Gasteiger charge is 2.48. The molecule has 0 saturated heterocycles. The van der Waals surface area contributed by atoms with Crippen molar-refractivity contribution in [2.45, 2.75) is 24.0 Å². The van der Waals surface area contributed by atoms with Crippen LogP contribution in [0.5, 0.6) is 0 Å². The van der Waals surface area contributed by atoms with Crippen molar-refractivity contribution in [1.29, 1.82) is 0 Å². The van der Waals surface area contributed by atoms with Crippen LogP contribution in [-0.2, 0) is 14.2 Å². The standard InChI is InChI=1S/C27H23ClO6/c28-22-16-21(17-32-25(29)18-10-4-1-5-11-18)23(33-26(30)19-12-6-2-7-13-19)24(22)34-27(31)20-14-8-3-9-15-20/h1-15,21-24H,16-17H2/t21-,22-,23+,24?/m1/s1. The molecule has 7 heteroatoms. The predicted molar refractivity (Wildman–Crippen MR) is 126 cm³/mol. The quantitative estimate of drug-likeness (QED) is 0.272. The normalized spacial score (nSPS) is 21.4.